The van der Waals surface area contributed by atoms with Crippen LogP contribution in [0.5, 0.6) is 5.75 Å². The van der Waals surface area contributed by atoms with E-state index in [0.717, 1.165) is 12.3 Å². The highest BCUT2D eigenvalue weighted by molar-refractivity contribution is 7.84. The summed E-state index contributed by atoms with van der Waals surface area (Å²) in [6.45, 7) is -7.14. The van der Waals surface area contributed by atoms with E-state index in [-0.39, 0.29) is 10.9 Å². The summed E-state index contributed by atoms with van der Waals surface area (Å²) >= 11 is 0. The van der Waals surface area contributed by atoms with Crippen LogP contribution in [0.1, 0.15) is 18.1 Å². The minimum Gasteiger partial charge on any atom is -0.484 e. The largest absolute Gasteiger partial charge is 0.484 e. The number of aromatic nitrogens is 3. The monoisotopic (exact) mass is 374 g/mol. The third kappa shape index (κ3) is 4.16. The van der Waals surface area contributed by atoms with Crippen LogP contribution in [0.25, 0.3) is 11.0 Å². The van der Waals surface area contributed by atoms with Crippen molar-refractivity contribution in [1.82, 2.24) is 15.0 Å². The molecule has 25 heavy (non-hydrogen) atoms. The van der Waals surface area contributed by atoms with E-state index in [9.17, 15) is 17.4 Å². The average Bonchev–Trinajstić information content (AvgIpc) is 3.03. The number of imidazole rings is 1. The van der Waals surface area contributed by atoms with Crippen LogP contribution in [0.3, 0.4) is 0 Å². The maximum atomic E-state index is 12.9. The van der Waals surface area contributed by atoms with Gasteiger partial charge in [-0.2, -0.15) is 13.2 Å². The highest BCUT2D eigenvalue weighted by Crippen LogP contribution is 2.24. The second kappa shape index (κ2) is 6.83. The van der Waals surface area contributed by atoms with E-state index in [1.807, 2.05) is 0 Å². The molecule has 1 unspecified atom stereocenters. The van der Waals surface area contributed by atoms with Gasteiger partial charge in [0.25, 0.3) is 0 Å². The summed E-state index contributed by atoms with van der Waals surface area (Å²) in [5, 5.41) is 0.0337. The molecule has 0 aliphatic heterocycles. The van der Waals surface area contributed by atoms with Crippen molar-refractivity contribution in [3.8, 4) is 5.75 Å². The zero-order chi connectivity index (χ0) is 22.3. The first-order valence-corrected chi connectivity index (χ1v) is 8.19. The Morgan fingerprint density at radius 2 is 2.16 bits per heavy atom. The van der Waals surface area contributed by atoms with E-state index >= 15 is 0 Å². The average molecular weight is 374 g/mol. The number of benzene rings is 1. The van der Waals surface area contributed by atoms with Gasteiger partial charge in [0.15, 0.2) is 11.7 Å². The molecule has 2 aromatic heterocycles. The van der Waals surface area contributed by atoms with Gasteiger partial charge in [-0.25, -0.2) is 4.98 Å². The molecule has 2 heterocycles. The van der Waals surface area contributed by atoms with Crippen LogP contribution in [-0.2, 0) is 16.6 Å². The van der Waals surface area contributed by atoms with Gasteiger partial charge < -0.3 is 9.72 Å². The SMILES string of the molecule is [2H]C([2H])([2H])c1c(OC([2H])([2H])C(F)(F)F)ccnc1CS(=O)c1nc2ccccc2[nH]1. The highest BCUT2D eigenvalue weighted by Gasteiger charge is 2.29. The van der Waals surface area contributed by atoms with Crippen LogP contribution in [0, 0.1) is 6.85 Å². The lowest BCUT2D eigenvalue weighted by Crippen LogP contribution is -2.19. The number of para-hydroxylation sites is 2. The maximum Gasteiger partial charge on any atom is 0.422 e. The fourth-order valence-corrected chi connectivity index (χ4v) is 3.05. The number of fused-ring (bicyclic) bond motifs is 1. The molecule has 0 amide bonds. The maximum absolute atomic E-state index is 12.9. The first-order valence-electron chi connectivity index (χ1n) is 9.37. The topological polar surface area (TPSA) is 67.9 Å². The smallest absolute Gasteiger partial charge is 0.422 e. The van der Waals surface area contributed by atoms with Crippen molar-refractivity contribution in [2.24, 2.45) is 0 Å². The Bertz CT molecular complexity index is 1070. The Morgan fingerprint density at radius 1 is 1.36 bits per heavy atom. The van der Waals surface area contributed by atoms with Gasteiger partial charge in [0, 0.05) is 15.9 Å². The van der Waals surface area contributed by atoms with Crippen LogP contribution in [0.4, 0.5) is 13.2 Å². The molecule has 0 aliphatic carbocycles. The van der Waals surface area contributed by atoms with Crippen LogP contribution in [0.15, 0.2) is 41.7 Å². The zero-order valence-electron chi connectivity index (χ0n) is 17.4. The van der Waals surface area contributed by atoms with E-state index in [1.165, 1.54) is 0 Å². The normalized spacial score (nSPS) is 17.2. The molecule has 0 spiro atoms. The number of hydrogen-bond acceptors (Lipinski definition) is 4. The summed E-state index contributed by atoms with van der Waals surface area (Å²) in [7, 11) is -1.91. The van der Waals surface area contributed by atoms with E-state index < -0.39 is 47.5 Å². The second-order valence-electron chi connectivity index (χ2n) is 4.88. The molecule has 0 radical (unpaired) electrons. The molecule has 1 atom stereocenters. The molecule has 3 rings (SSSR count). The van der Waals surface area contributed by atoms with Crippen molar-refractivity contribution >= 4 is 21.8 Å². The number of rotatable bonds is 5. The van der Waals surface area contributed by atoms with Crippen LogP contribution < -0.4 is 4.74 Å². The Balaban J connectivity index is 1.99. The molecule has 0 bridgehead atoms. The zero-order valence-corrected chi connectivity index (χ0v) is 13.2. The molecule has 0 aliphatic rings. The van der Waals surface area contributed by atoms with E-state index in [0.29, 0.717) is 11.0 Å². The van der Waals surface area contributed by atoms with Gasteiger partial charge in [-0.05, 0) is 25.1 Å². The van der Waals surface area contributed by atoms with Gasteiger partial charge >= 0.3 is 6.18 Å². The van der Waals surface area contributed by atoms with Gasteiger partial charge in [0.2, 0.25) is 0 Å². The number of ether oxygens (including phenoxy) is 1. The first-order chi connectivity index (χ1) is 13.8. The number of pyridine rings is 1. The Labute approximate surface area is 150 Å². The van der Waals surface area contributed by atoms with E-state index in [2.05, 4.69) is 19.7 Å². The lowest BCUT2D eigenvalue weighted by atomic mass is 10.2. The van der Waals surface area contributed by atoms with Gasteiger partial charge in [-0.15, -0.1) is 0 Å². The van der Waals surface area contributed by atoms with Crippen molar-refractivity contribution in [1.29, 1.82) is 0 Å². The molecule has 0 saturated heterocycles. The second-order valence-corrected chi connectivity index (χ2v) is 6.25. The molecule has 1 aromatic carbocycles. The van der Waals surface area contributed by atoms with Gasteiger partial charge in [-0.3, -0.25) is 9.19 Å². The van der Waals surface area contributed by atoms with Gasteiger partial charge in [0.05, 0.1) is 36.0 Å². The minimum atomic E-state index is -5.40. The lowest BCUT2D eigenvalue weighted by molar-refractivity contribution is -0.153. The van der Waals surface area contributed by atoms with E-state index in [4.69, 9.17) is 6.85 Å². The van der Waals surface area contributed by atoms with Crippen LogP contribution in [0.2, 0.25) is 0 Å². The number of H-pyrrole nitrogens is 1. The van der Waals surface area contributed by atoms with Crippen molar-refractivity contribution in [2.75, 3.05) is 6.56 Å². The van der Waals surface area contributed by atoms with Crippen molar-refractivity contribution < 1.29 is 29.0 Å². The summed E-state index contributed by atoms with van der Waals surface area (Å²) in [5.74, 6) is -1.34. The van der Waals surface area contributed by atoms with Crippen LogP contribution in [-0.4, -0.2) is 31.9 Å². The number of halogens is 3. The quantitative estimate of drug-likeness (QED) is 0.742. The fourth-order valence-electron chi connectivity index (χ4n) is 2.02. The molecule has 5 nitrogen and oxygen atoms in total. The Hall–Kier alpha value is -2.42. The number of hydrogen-bond donors (Lipinski definition) is 1. The third-order valence-corrected chi connectivity index (χ3v) is 4.28. The first kappa shape index (κ1) is 12.0. The van der Waals surface area contributed by atoms with Gasteiger partial charge in [-0.1, -0.05) is 12.1 Å². The summed E-state index contributed by atoms with van der Waals surface area (Å²) in [4.78, 5) is 10.8. The summed E-state index contributed by atoms with van der Waals surface area (Å²) in [5.41, 5.74) is 0.0625. The number of aromatic amines is 1. The van der Waals surface area contributed by atoms with Crippen LogP contribution >= 0.6 is 0 Å². The summed E-state index contributed by atoms with van der Waals surface area (Å²) in [6.07, 6.45) is -4.44. The molecule has 132 valence electrons. The predicted molar refractivity (Wildman–Crippen MR) is 86.7 cm³/mol. The highest BCUT2D eigenvalue weighted by atomic mass is 32.2. The van der Waals surface area contributed by atoms with E-state index in [1.54, 1.807) is 24.3 Å². The molecular weight excluding hydrogens is 355 g/mol. The number of nitrogens with one attached hydrogen (secondary N) is 1. The minimum absolute atomic E-state index is 0.0337. The summed E-state index contributed by atoms with van der Waals surface area (Å²) in [6, 6.07) is 7.64. The molecule has 9 heteroatoms. The molecule has 0 fully saturated rings. The fraction of sp³-hybridized carbons (Fsp3) is 0.250. The standard InChI is InChI=1S/C16H14F3N3O2S/c1-10-13(20-7-6-14(10)24-9-16(17,18)19)8-25(23)15-21-11-4-2-3-5-12(11)22-15/h2-7H,8-9H2,1H3,(H,21,22)/i1D3,9D2. The molecule has 3 aromatic rings. The van der Waals surface area contributed by atoms with Gasteiger partial charge in [0.1, 0.15) is 5.75 Å². The number of nitrogens with zero attached hydrogens (tertiary/aromatic N) is 2. The number of alkyl halides is 3. The predicted octanol–water partition coefficient (Wildman–Crippen LogP) is 3.52. The Kier molecular flexibility index (Phi) is 3.28. The van der Waals surface area contributed by atoms with Crippen molar-refractivity contribution in [2.45, 2.75) is 23.9 Å². The van der Waals surface area contributed by atoms with Crippen molar-refractivity contribution in [3.63, 3.8) is 0 Å². The molecular formula is C16H14F3N3O2S. The Morgan fingerprint density at radius 3 is 2.88 bits per heavy atom. The van der Waals surface area contributed by atoms with Crippen molar-refractivity contribution in [3.05, 3.63) is 47.8 Å². The lowest BCUT2D eigenvalue weighted by Gasteiger charge is -2.13. The third-order valence-electron chi connectivity index (χ3n) is 3.12. The molecule has 0 saturated carbocycles. The summed E-state index contributed by atoms with van der Waals surface area (Å²) < 4.78 is 92.8. The molecule has 1 N–H and O–H groups in total.